The first kappa shape index (κ1) is 22.4. The zero-order valence-corrected chi connectivity index (χ0v) is 22.3. The molecule has 190 valence electrons. The molecule has 0 unspecified atom stereocenters. The van der Waals surface area contributed by atoms with Crippen molar-refractivity contribution in [2.45, 2.75) is 0 Å². The fraction of sp³-hybridized carbons (Fsp3) is 0. The van der Waals surface area contributed by atoms with Crippen LogP contribution in [0.3, 0.4) is 0 Å². The van der Waals surface area contributed by atoms with Crippen molar-refractivity contribution in [2.75, 3.05) is 0 Å². The normalized spacial score (nSPS) is 11.9. The largest absolute Gasteiger partial charge is 0.455 e. The minimum absolute atomic E-state index is 0.922. The Kier molecular flexibility index (Phi) is 4.67. The molecule has 0 aliphatic rings. The molecule has 1 aromatic heterocycles. The molecule has 0 spiro atoms. The minimum atomic E-state index is 0.922. The molecule has 0 amide bonds. The molecule has 41 heavy (non-hydrogen) atoms. The second-order valence-corrected chi connectivity index (χ2v) is 10.8. The van der Waals surface area contributed by atoms with Gasteiger partial charge < -0.3 is 4.42 Å². The first-order chi connectivity index (χ1) is 20.4. The van der Waals surface area contributed by atoms with Crippen molar-refractivity contribution < 1.29 is 4.42 Å². The van der Waals surface area contributed by atoms with Crippen molar-refractivity contribution in [2.24, 2.45) is 0 Å². The molecule has 0 fully saturated rings. The zero-order chi connectivity index (χ0) is 26.9. The van der Waals surface area contributed by atoms with E-state index in [0.29, 0.717) is 0 Å². The average molecular weight is 521 g/mol. The van der Waals surface area contributed by atoms with E-state index >= 15 is 0 Å². The number of hydrogen-bond acceptors (Lipinski definition) is 1. The fourth-order valence-corrected chi connectivity index (χ4v) is 6.90. The minimum Gasteiger partial charge on any atom is -0.455 e. The number of benzene rings is 8. The molecule has 9 aromatic rings. The van der Waals surface area contributed by atoms with Gasteiger partial charge in [0.15, 0.2) is 0 Å². The molecule has 0 bridgehead atoms. The highest BCUT2D eigenvalue weighted by Gasteiger charge is 2.23. The Morgan fingerprint density at radius 3 is 1.56 bits per heavy atom. The van der Waals surface area contributed by atoms with Crippen LogP contribution in [0.25, 0.3) is 87.3 Å². The van der Waals surface area contributed by atoms with Crippen LogP contribution < -0.4 is 0 Å². The lowest BCUT2D eigenvalue weighted by Crippen LogP contribution is -1.92. The van der Waals surface area contributed by atoms with E-state index < -0.39 is 0 Å². The molecule has 1 heterocycles. The molecule has 9 rings (SSSR count). The predicted molar refractivity (Wildman–Crippen MR) is 175 cm³/mol. The maximum absolute atomic E-state index is 6.75. The molecule has 0 aliphatic carbocycles. The third kappa shape index (κ3) is 3.18. The van der Waals surface area contributed by atoms with Gasteiger partial charge in [-0.1, -0.05) is 133 Å². The van der Waals surface area contributed by atoms with Crippen molar-refractivity contribution in [1.82, 2.24) is 0 Å². The first-order valence-corrected chi connectivity index (χ1v) is 14.1. The predicted octanol–water partition coefficient (Wildman–Crippen LogP) is 11.5. The second-order valence-electron chi connectivity index (χ2n) is 10.8. The van der Waals surface area contributed by atoms with Crippen molar-refractivity contribution in [3.8, 4) is 22.3 Å². The van der Waals surface area contributed by atoms with E-state index in [1.807, 2.05) is 0 Å². The van der Waals surface area contributed by atoms with Gasteiger partial charge in [-0.25, -0.2) is 0 Å². The Hall–Kier alpha value is -5.40. The van der Waals surface area contributed by atoms with Gasteiger partial charge in [0.1, 0.15) is 11.2 Å². The topological polar surface area (TPSA) is 13.1 Å². The van der Waals surface area contributed by atoms with Crippen LogP contribution in [0, 0.1) is 0 Å². The molecular formula is C40H24O. The number of hydrogen-bond donors (Lipinski definition) is 0. The summed E-state index contributed by atoms with van der Waals surface area (Å²) in [6.07, 6.45) is 0. The lowest BCUT2D eigenvalue weighted by molar-refractivity contribution is 0.673. The molecule has 0 atom stereocenters. The van der Waals surface area contributed by atoms with Crippen LogP contribution in [-0.2, 0) is 0 Å². The second kappa shape index (κ2) is 8.55. The van der Waals surface area contributed by atoms with E-state index in [1.54, 1.807) is 0 Å². The Balaban J connectivity index is 1.55. The van der Waals surface area contributed by atoms with E-state index in [9.17, 15) is 0 Å². The standard InChI is InChI=1S/C40H24O/c1-2-13-26(14-3-1)36-30-18-8-10-20-32(30)37(33-21-11-9-19-31(33)36)39-28-16-6-5-15-27(28)24-35-38(39)34-23-22-25-12-4-7-17-29(25)40(34)41-35/h1-24H. The van der Waals surface area contributed by atoms with E-state index in [0.717, 1.165) is 21.9 Å². The van der Waals surface area contributed by atoms with Crippen LogP contribution in [0.2, 0.25) is 0 Å². The van der Waals surface area contributed by atoms with Gasteiger partial charge in [-0.3, -0.25) is 0 Å². The lowest BCUT2D eigenvalue weighted by atomic mass is 9.83. The third-order valence-corrected chi connectivity index (χ3v) is 8.62. The summed E-state index contributed by atoms with van der Waals surface area (Å²) in [5.74, 6) is 0. The molecule has 8 aromatic carbocycles. The van der Waals surface area contributed by atoms with Crippen molar-refractivity contribution in [3.63, 3.8) is 0 Å². The Bertz CT molecular complexity index is 2410. The summed E-state index contributed by atoms with van der Waals surface area (Å²) in [5, 5.41) is 12.1. The summed E-state index contributed by atoms with van der Waals surface area (Å²) in [6, 6.07) is 52.5. The molecule has 1 heteroatoms. The van der Waals surface area contributed by atoms with Crippen LogP contribution in [0.15, 0.2) is 150 Å². The molecule has 0 radical (unpaired) electrons. The Morgan fingerprint density at radius 1 is 0.341 bits per heavy atom. The van der Waals surface area contributed by atoms with Gasteiger partial charge >= 0.3 is 0 Å². The van der Waals surface area contributed by atoms with Gasteiger partial charge in [0.2, 0.25) is 0 Å². The highest BCUT2D eigenvalue weighted by Crippen LogP contribution is 2.49. The monoisotopic (exact) mass is 520 g/mol. The van der Waals surface area contributed by atoms with E-state index in [1.165, 1.54) is 65.3 Å². The third-order valence-electron chi connectivity index (χ3n) is 8.62. The molecule has 0 N–H and O–H groups in total. The number of fused-ring (bicyclic) bond motifs is 8. The molecule has 0 aliphatic heterocycles. The Morgan fingerprint density at radius 2 is 0.878 bits per heavy atom. The summed E-state index contributed by atoms with van der Waals surface area (Å²) in [4.78, 5) is 0. The Labute approximate surface area is 236 Å². The van der Waals surface area contributed by atoms with Crippen molar-refractivity contribution in [3.05, 3.63) is 146 Å². The maximum atomic E-state index is 6.75. The summed E-state index contributed by atoms with van der Waals surface area (Å²) in [7, 11) is 0. The number of furan rings is 1. The van der Waals surface area contributed by atoms with E-state index in [4.69, 9.17) is 4.42 Å². The van der Waals surface area contributed by atoms with Gasteiger partial charge in [-0.05, 0) is 66.5 Å². The van der Waals surface area contributed by atoms with Gasteiger partial charge in [0.05, 0.1) is 0 Å². The van der Waals surface area contributed by atoms with Gasteiger partial charge in [0.25, 0.3) is 0 Å². The zero-order valence-electron chi connectivity index (χ0n) is 22.3. The number of rotatable bonds is 2. The quantitative estimate of drug-likeness (QED) is 0.207. The molecular weight excluding hydrogens is 496 g/mol. The van der Waals surface area contributed by atoms with Crippen LogP contribution in [0.5, 0.6) is 0 Å². The van der Waals surface area contributed by atoms with Gasteiger partial charge in [0, 0.05) is 21.7 Å². The maximum Gasteiger partial charge on any atom is 0.143 e. The SMILES string of the molecule is c1ccc(-c2c3ccccc3c(-c3c4ccccc4cc4oc5c6ccccc6ccc5c34)c3ccccc23)cc1. The van der Waals surface area contributed by atoms with Crippen LogP contribution >= 0.6 is 0 Å². The lowest BCUT2D eigenvalue weighted by Gasteiger charge is -2.19. The van der Waals surface area contributed by atoms with Gasteiger partial charge in [-0.2, -0.15) is 0 Å². The summed E-state index contributed by atoms with van der Waals surface area (Å²) >= 11 is 0. The van der Waals surface area contributed by atoms with Crippen LogP contribution in [-0.4, -0.2) is 0 Å². The van der Waals surface area contributed by atoms with E-state index in [-0.39, 0.29) is 0 Å². The van der Waals surface area contributed by atoms with E-state index in [2.05, 4.69) is 146 Å². The fourth-order valence-electron chi connectivity index (χ4n) is 6.90. The average Bonchev–Trinajstić information content (AvgIpc) is 3.42. The van der Waals surface area contributed by atoms with Crippen molar-refractivity contribution in [1.29, 1.82) is 0 Å². The molecule has 0 saturated carbocycles. The highest BCUT2D eigenvalue weighted by molar-refractivity contribution is 6.31. The summed E-state index contributed by atoms with van der Waals surface area (Å²) in [5.41, 5.74) is 6.87. The summed E-state index contributed by atoms with van der Waals surface area (Å²) in [6.45, 7) is 0. The highest BCUT2D eigenvalue weighted by atomic mass is 16.3. The molecule has 0 saturated heterocycles. The van der Waals surface area contributed by atoms with Crippen LogP contribution in [0.4, 0.5) is 0 Å². The summed E-state index contributed by atoms with van der Waals surface area (Å²) < 4.78 is 6.75. The van der Waals surface area contributed by atoms with Gasteiger partial charge in [-0.15, -0.1) is 0 Å². The molecule has 1 nitrogen and oxygen atoms in total. The van der Waals surface area contributed by atoms with Crippen molar-refractivity contribution >= 4 is 65.0 Å². The van der Waals surface area contributed by atoms with Crippen LogP contribution in [0.1, 0.15) is 0 Å². The first-order valence-electron chi connectivity index (χ1n) is 14.1. The smallest absolute Gasteiger partial charge is 0.143 e.